The van der Waals surface area contributed by atoms with E-state index in [4.69, 9.17) is 14.2 Å². The fourth-order valence-electron chi connectivity index (χ4n) is 9.35. The number of hydrogen-bond donors (Lipinski definition) is 0. The SMILES string of the molecule is CCCCCCC/C=C\C/C=C\CCCCCCCCCCCCCCCCCCCCCCCC(=O)OCC(COC(=O)CCCCCCCC)OC(=O)CCCCCCC/C=C\CCCCCCC. The van der Waals surface area contributed by atoms with Crippen LogP contribution < -0.4 is 0 Å². The summed E-state index contributed by atoms with van der Waals surface area (Å²) in [4.78, 5) is 37.9. The summed E-state index contributed by atoms with van der Waals surface area (Å²) in [5.74, 6) is -0.873. The molecular weight excluding hydrogens is 877 g/mol. The summed E-state index contributed by atoms with van der Waals surface area (Å²) in [7, 11) is 0. The van der Waals surface area contributed by atoms with E-state index in [1.54, 1.807) is 0 Å². The summed E-state index contributed by atoms with van der Waals surface area (Å²) < 4.78 is 16.8. The summed E-state index contributed by atoms with van der Waals surface area (Å²) in [6.07, 6.45) is 73.5. The minimum atomic E-state index is -0.769. The van der Waals surface area contributed by atoms with Crippen LogP contribution in [-0.2, 0) is 28.6 Å². The van der Waals surface area contributed by atoms with Gasteiger partial charge in [0.2, 0.25) is 0 Å². The van der Waals surface area contributed by atoms with Crippen LogP contribution >= 0.6 is 0 Å². The molecule has 0 rings (SSSR count). The molecule has 0 saturated heterocycles. The molecular formula is C65H120O6. The van der Waals surface area contributed by atoms with Crippen molar-refractivity contribution in [3.8, 4) is 0 Å². The third-order valence-electron chi connectivity index (χ3n) is 14.1. The van der Waals surface area contributed by atoms with E-state index in [0.29, 0.717) is 19.3 Å². The molecule has 0 aliphatic rings. The van der Waals surface area contributed by atoms with Crippen molar-refractivity contribution >= 4 is 17.9 Å². The summed E-state index contributed by atoms with van der Waals surface area (Å²) in [5.41, 5.74) is 0. The molecule has 1 atom stereocenters. The van der Waals surface area contributed by atoms with E-state index in [9.17, 15) is 14.4 Å². The van der Waals surface area contributed by atoms with Crippen molar-refractivity contribution in [2.24, 2.45) is 0 Å². The van der Waals surface area contributed by atoms with E-state index in [0.717, 1.165) is 70.6 Å². The van der Waals surface area contributed by atoms with Gasteiger partial charge in [-0.1, -0.05) is 282 Å². The second-order valence-corrected chi connectivity index (χ2v) is 21.3. The van der Waals surface area contributed by atoms with Crippen LogP contribution in [0.3, 0.4) is 0 Å². The van der Waals surface area contributed by atoms with Gasteiger partial charge in [0, 0.05) is 19.3 Å². The number of carbonyl (C=O) groups excluding carboxylic acids is 3. The molecule has 0 radical (unpaired) electrons. The third-order valence-corrected chi connectivity index (χ3v) is 14.1. The maximum absolute atomic E-state index is 12.8. The largest absolute Gasteiger partial charge is 0.462 e. The van der Waals surface area contributed by atoms with Gasteiger partial charge in [-0.3, -0.25) is 14.4 Å². The number of rotatable bonds is 58. The monoisotopic (exact) mass is 997 g/mol. The van der Waals surface area contributed by atoms with E-state index >= 15 is 0 Å². The average Bonchev–Trinajstić information content (AvgIpc) is 3.37. The summed E-state index contributed by atoms with van der Waals surface area (Å²) >= 11 is 0. The fraction of sp³-hybridized carbons (Fsp3) is 0.862. The molecule has 0 fully saturated rings. The van der Waals surface area contributed by atoms with Crippen molar-refractivity contribution in [2.45, 2.75) is 348 Å². The molecule has 0 N–H and O–H groups in total. The number of allylic oxidation sites excluding steroid dienone is 6. The fourth-order valence-corrected chi connectivity index (χ4v) is 9.35. The van der Waals surface area contributed by atoms with Gasteiger partial charge < -0.3 is 14.2 Å². The van der Waals surface area contributed by atoms with Gasteiger partial charge in [-0.2, -0.15) is 0 Å². The topological polar surface area (TPSA) is 78.9 Å². The van der Waals surface area contributed by atoms with Crippen molar-refractivity contribution in [3.63, 3.8) is 0 Å². The minimum absolute atomic E-state index is 0.0711. The van der Waals surface area contributed by atoms with E-state index in [-0.39, 0.29) is 31.1 Å². The molecule has 0 amide bonds. The Morgan fingerprint density at radius 1 is 0.282 bits per heavy atom. The van der Waals surface area contributed by atoms with Crippen LogP contribution in [-0.4, -0.2) is 37.2 Å². The predicted molar refractivity (Wildman–Crippen MR) is 307 cm³/mol. The Bertz CT molecular complexity index is 1190. The van der Waals surface area contributed by atoms with Gasteiger partial charge >= 0.3 is 17.9 Å². The second kappa shape index (κ2) is 60.2. The molecule has 0 spiro atoms. The van der Waals surface area contributed by atoms with E-state index < -0.39 is 6.10 Å². The van der Waals surface area contributed by atoms with E-state index in [1.165, 1.54) is 231 Å². The maximum Gasteiger partial charge on any atom is 0.306 e. The molecule has 0 aliphatic heterocycles. The summed E-state index contributed by atoms with van der Waals surface area (Å²) in [6, 6.07) is 0. The number of esters is 3. The molecule has 0 saturated carbocycles. The normalized spacial score (nSPS) is 12.2. The van der Waals surface area contributed by atoms with Crippen LogP contribution in [0.4, 0.5) is 0 Å². The lowest BCUT2D eigenvalue weighted by Gasteiger charge is -2.18. The Balaban J connectivity index is 3.91. The van der Waals surface area contributed by atoms with Crippen LogP contribution in [0.25, 0.3) is 0 Å². The van der Waals surface area contributed by atoms with Crippen LogP contribution in [0.2, 0.25) is 0 Å². The number of carbonyl (C=O) groups is 3. The average molecular weight is 998 g/mol. The lowest BCUT2D eigenvalue weighted by molar-refractivity contribution is -0.167. The van der Waals surface area contributed by atoms with Crippen molar-refractivity contribution in [2.75, 3.05) is 13.2 Å². The zero-order valence-electron chi connectivity index (χ0n) is 47.8. The quantitative estimate of drug-likeness (QED) is 0.0261. The Morgan fingerprint density at radius 3 is 0.789 bits per heavy atom. The first-order valence-electron chi connectivity index (χ1n) is 31.5. The third kappa shape index (κ3) is 58.4. The van der Waals surface area contributed by atoms with Crippen molar-refractivity contribution in [1.29, 1.82) is 0 Å². The van der Waals surface area contributed by atoms with Gasteiger partial charge in [0.15, 0.2) is 6.10 Å². The van der Waals surface area contributed by atoms with Crippen molar-refractivity contribution in [3.05, 3.63) is 36.5 Å². The highest BCUT2D eigenvalue weighted by Gasteiger charge is 2.19. The molecule has 0 heterocycles. The molecule has 1 unspecified atom stereocenters. The Labute approximate surface area is 442 Å². The Hall–Kier alpha value is -2.37. The van der Waals surface area contributed by atoms with Crippen LogP contribution in [0.1, 0.15) is 342 Å². The molecule has 71 heavy (non-hydrogen) atoms. The van der Waals surface area contributed by atoms with Gasteiger partial charge in [0.05, 0.1) is 0 Å². The van der Waals surface area contributed by atoms with Crippen molar-refractivity contribution in [1.82, 2.24) is 0 Å². The first-order valence-corrected chi connectivity index (χ1v) is 31.5. The van der Waals surface area contributed by atoms with Gasteiger partial charge in [-0.25, -0.2) is 0 Å². The number of hydrogen-bond acceptors (Lipinski definition) is 6. The van der Waals surface area contributed by atoms with Gasteiger partial charge in [0.1, 0.15) is 13.2 Å². The molecule has 0 aromatic rings. The molecule has 0 aliphatic carbocycles. The predicted octanol–water partition coefficient (Wildman–Crippen LogP) is 21.2. The van der Waals surface area contributed by atoms with Crippen LogP contribution in [0.15, 0.2) is 36.5 Å². The molecule has 0 aromatic carbocycles. The highest BCUT2D eigenvalue weighted by atomic mass is 16.6. The standard InChI is InChI=1S/C65H120O6/c1-4-7-10-13-16-18-20-22-24-25-26-27-28-29-30-31-32-33-34-35-36-37-38-39-40-41-42-44-45-47-49-52-55-58-64(67)70-61-62(60-69-63(66)57-54-51-15-12-9-6-3)71-65(68)59-56-53-50-48-46-43-23-21-19-17-14-11-8-5-2/h20-23,25-26,62H,4-19,24,27-61H2,1-3H3/b22-20-,23-21-,26-25-. The van der Waals surface area contributed by atoms with Crippen molar-refractivity contribution < 1.29 is 28.6 Å². The highest BCUT2D eigenvalue weighted by molar-refractivity contribution is 5.71. The van der Waals surface area contributed by atoms with Gasteiger partial charge in [-0.15, -0.1) is 0 Å². The van der Waals surface area contributed by atoms with Crippen LogP contribution in [0.5, 0.6) is 0 Å². The molecule has 0 bridgehead atoms. The Kier molecular flexibility index (Phi) is 58.2. The first-order chi connectivity index (χ1) is 35.0. The zero-order valence-corrected chi connectivity index (χ0v) is 47.8. The Morgan fingerprint density at radius 2 is 0.507 bits per heavy atom. The molecule has 6 heteroatoms. The van der Waals surface area contributed by atoms with E-state index in [1.807, 2.05) is 0 Å². The lowest BCUT2D eigenvalue weighted by atomic mass is 10.0. The number of ether oxygens (including phenoxy) is 3. The summed E-state index contributed by atoms with van der Waals surface area (Å²) in [6.45, 7) is 6.59. The van der Waals surface area contributed by atoms with E-state index in [2.05, 4.69) is 57.2 Å². The molecule has 6 nitrogen and oxygen atoms in total. The van der Waals surface area contributed by atoms with Gasteiger partial charge in [-0.05, 0) is 77.0 Å². The number of unbranched alkanes of at least 4 members (excludes halogenated alkanes) is 41. The van der Waals surface area contributed by atoms with Gasteiger partial charge in [0.25, 0.3) is 0 Å². The maximum atomic E-state index is 12.8. The van der Waals surface area contributed by atoms with Crippen LogP contribution in [0, 0.1) is 0 Å². The molecule has 0 aromatic heterocycles. The lowest BCUT2D eigenvalue weighted by Crippen LogP contribution is -2.30. The zero-order chi connectivity index (χ0) is 51.4. The minimum Gasteiger partial charge on any atom is -0.462 e. The first kappa shape index (κ1) is 68.6. The smallest absolute Gasteiger partial charge is 0.306 e. The summed E-state index contributed by atoms with van der Waals surface area (Å²) in [5, 5.41) is 0. The molecule has 416 valence electrons. The second-order valence-electron chi connectivity index (χ2n) is 21.3. The highest BCUT2D eigenvalue weighted by Crippen LogP contribution is 2.17.